The summed E-state index contributed by atoms with van der Waals surface area (Å²) < 4.78 is 12.7. The fraction of sp³-hybridized carbons (Fsp3) is 0.0149. The number of anilines is 3. The molecule has 0 spiro atoms. The molecule has 1 aliphatic rings. The van der Waals surface area contributed by atoms with E-state index in [1.165, 1.54) is 33.4 Å². The molecule has 0 bridgehead atoms. The molecule has 0 unspecified atom stereocenters. The summed E-state index contributed by atoms with van der Waals surface area (Å²) in [5.74, 6) is 0. The van der Waals surface area contributed by atoms with E-state index in [0.717, 1.165) is 94.3 Å². The number of rotatable bonds is 8. The topological polar surface area (TPSA) is 29.5 Å². The van der Waals surface area contributed by atoms with Gasteiger partial charge in [-0.15, -0.1) is 0 Å². The van der Waals surface area contributed by atoms with Crippen molar-refractivity contribution in [3.05, 3.63) is 283 Å². The number of fused-ring (bicyclic) bond motifs is 9. The standard InChI is InChI=1S/C67H43NO2/c1-3-18-49(19-4-1)67(50-20-5-2-6-21-50)59-27-10-7-24-57(59)65-60(67)28-15-29-61(65)68(52-39-34-45(35-40-52)53-25-14-26-56-54-22-8-12-31-63(54)70-66(53)56)51-37-32-44(33-38-51)46-16-13-17-47(42-46)48-36-41-64-58(43-48)55-23-9-11-30-62(55)69-64/h1-43H. The monoisotopic (exact) mass is 893 g/mol. The Balaban J connectivity index is 0.925. The lowest BCUT2D eigenvalue weighted by atomic mass is 9.68. The minimum atomic E-state index is -0.532. The number of hydrogen-bond acceptors (Lipinski definition) is 3. The van der Waals surface area contributed by atoms with Gasteiger partial charge in [-0.25, -0.2) is 0 Å². The van der Waals surface area contributed by atoms with E-state index in [-0.39, 0.29) is 0 Å². The molecule has 0 aliphatic heterocycles. The lowest BCUT2D eigenvalue weighted by Gasteiger charge is -2.34. The van der Waals surface area contributed by atoms with Gasteiger partial charge in [0.15, 0.2) is 0 Å². The first-order valence-electron chi connectivity index (χ1n) is 24.0. The summed E-state index contributed by atoms with van der Waals surface area (Å²) in [4.78, 5) is 2.44. The highest BCUT2D eigenvalue weighted by Gasteiger charge is 2.47. The van der Waals surface area contributed by atoms with Crippen molar-refractivity contribution in [3.63, 3.8) is 0 Å². The maximum atomic E-state index is 6.53. The van der Waals surface area contributed by atoms with Crippen LogP contribution in [0.25, 0.3) is 88.4 Å². The summed E-state index contributed by atoms with van der Waals surface area (Å²) in [6, 6.07) is 94.4. The predicted molar refractivity (Wildman–Crippen MR) is 289 cm³/mol. The summed E-state index contributed by atoms with van der Waals surface area (Å²) in [6.45, 7) is 0. The fourth-order valence-corrected chi connectivity index (χ4v) is 11.4. The summed E-state index contributed by atoms with van der Waals surface area (Å²) in [5, 5.41) is 4.51. The van der Waals surface area contributed by atoms with Gasteiger partial charge in [0.25, 0.3) is 0 Å². The molecule has 2 heterocycles. The molecule has 13 aromatic rings. The highest BCUT2D eigenvalue weighted by atomic mass is 16.3. The van der Waals surface area contributed by atoms with Gasteiger partial charge in [0, 0.05) is 44.0 Å². The van der Waals surface area contributed by atoms with Crippen molar-refractivity contribution >= 4 is 60.9 Å². The van der Waals surface area contributed by atoms with E-state index in [1.807, 2.05) is 24.3 Å². The maximum Gasteiger partial charge on any atom is 0.143 e. The van der Waals surface area contributed by atoms with E-state index >= 15 is 0 Å². The van der Waals surface area contributed by atoms with E-state index in [2.05, 4.69) is 241 Å². The fourth-order valence-electron chi connectivity index (χ4n) is 11.4. The second-order valence-corrected chi connectivity index (χ2v) is 18.3. The van der Waals surface area contributed by atoms with Crippen molar-refractivity contribution in [1.29, 1.82) is 0 Å². The Kier molecular flexibility index (Phi) is 9.11. The molecule has 0 saturated heterocycles. The van der Waals surface area contributed by atoms with Gasteiger partial charge in [-0.1, -0.05) is 200 Å². The van der Waals surface area contributed by atoms with Crippen molar-refractivity contribution in [1.82, 2.24) is 0 Å². The highest BCUT2D eigenvalue weighted by Crippen LogP contribution is 2.59. The largest absolute Gasteiger partial charge is 0.456 e. The van der Waals surface area contributed by atoms with Crippen LogP contribution in [0.15, 0.2) is 270 Å². The number of benzene rings is 11. The average molecular weight is 894 g/mol. The van der Waals surface area contributed by atoms with Crippen LogP contribution < -0.4 is 4.90 Å². The molecule has 2 aromatic heterocycles. The SMILES string of the molecule is c1ccc(C2(c3ccccc3)c3ccccc3-c3c(N(c4ccc(-c5cccc(-c6ccc7oc8ccccc8c7c6)c5)cc4)c4ccc(-c5cccc6c5oc5ccccc56)cc4)cccc32)cc1. The molecular formula is C67H43NO2. The van der Waals surface area contributed by atoms with Gasteiger partial charge in [-0.2, -0.15) is 0 Å². The highest BCUT2D eigenvalue weighted by molar-refractivity contribution is 6.10. The number of para-hydroxylation sites is 3. The number of hydrogen-bond donors (Lipinski definition) is 0. The lowest BCUT2D eigenvalue weighted by molar-refractivity contribution is 0.669. The normalized spacial score (nSPS) is 12.7. The zero-order valence-corrected chi connectivity index (χ0v) is 38.1. The van der Waals surface area contributed by atoms with E-state index < -0.39 is 5.41 Å². The van der Waals surface area contributed by atoms with Gasteiger partial charge < -0.3 is 13.7 Å². The Hall–Kier alpha value is -9.18. The number of furan rings is 2. The van der Waals surface area contributed by atoms with E-state index in [4.69, 9.17) is 8.83 Å². The molecule has 328 valence electrons. The van der Waals surface area contributed by atoms with Gasteiger partial charge in [0.2, 0.25) is 0 Å². The van der Waals surface area contributed by atoms with Gasteiger partial charge in [-0.05, 0) is 116 Å². The molecule has 3 nitrogen and oxygen atoms in total. The summed E-state index contributed by atoms with van der Waals surface area (Å²) in [6.07, 6.45) is 0. The Morgan fingerprint density at radius 1 is 0.300 bits per heavy atom. The van der Waals surface area contributed by atoms with Crippen molar-refractivity contribution in [2.24, 2.45) is 0 Å². The van der Waals surface area contributed by atoms with E-state index in [9.17, 15) is 0 Å². The first-order valence-corrected chi connectivity index (χ1v) is 24.0. The summed E-state index contributed by atoms with van der Waals surface area (Å²) >= 11 is 0. The second-order valence-electron chi connectivity index (χ2n) is 18.3. The second kappa shape index (κ2) is 16.0. The van der Waals surface area contributed by atoms with Crippen LogP contribution >= 0.6 is 0 Å². The van der Waals surface area contributed by atoms with Crippen LogP contribution in [-0.2, 0) is 5.41 Å². The Morgan fingerprint density at radius 3 is 1.53 bits per heavy atom. The van der Waals surface area contributed by atoms with Crippen molar-refractivity contribution in [2.75, 3.05) is 4.90 Å². The molecule has 70 heavy (non-hydrogen) atoms. The molecule has 0 radical (unpaired) electrons. The molecule has 1 aliphatic carbocycles. The van der Waals surface area contributed by atoms with Gasteiger partial charge in [0.1, 0.15) is 22.3 Å². The minimum Gasteiger partial charge on any atom is -0.456 e. The van der Waals surface area contributed by atoms with Gasteiger partial charge in [0.05, 0.1) is 11.1 Å². The first-order chi connectivity index (χ1) is 34.7. The number of nitrogens with zero attached hydrogens (tertiary/aromatic N) is 1. The third kappa shape index (κ3) is 6.15. The van der Waals surface area contributed by atoms with Crippen molar-refractivity contribution in [3.8, 4) is 44.5 Å². The minimum absolute atomic E-state index is 0.532. The predicted octanol–water partition coefficient (Wildman–Crippen LogP) is 18.3. The van der Waals surface area contributed by atoms with Gasteiger partial charge in [-0.3, -0.25) is 0 Å². The molecule has 11 aromatic carbocycles. The zero-order chi connectivity index (χ0) is 46.2. The molecule has 0 amide bonds. The molecule has 0 saturated carbocycles. The summed E-state index contributed by atoms with van der Waals surface area (Å²) in [5.41, 5.74) is 20.6. The lowest BCUT2D eigenvalue weighted by Crippen LogP contribution is -2.28. The van der Waals surface area contributed by atoms with Crippen LogP contribution in [0.5, 0.6) is 0 Å². The molecule has 3 heteroatoms. The molecule has 0 fully saturated rings. The zero-order valence-electron chi connectivity index (χ0n) is 38.1. The smallest absolute Gasteiger partial charge is 0.143 e. The average Bonchev–Trinajstić information content (AvgIpc) is 4.11. The Labute approximate surface area is 405 Å². The van der Waals surface area contributed by atoms with Crippen LogP contribution in [0.1, 0.15) is 22.3 Å². The van der Waals surface area contributed by atoms with Crippen molar-refractivity contribution < 1.29 is 8.83 Å². The van der Waals surface area contributed by atoms with E-state index in [0.29, 0.717) is 0 Å². The van der Waals surface area contributed by atoms with Crippen LogP contribution in [0.2, 0.25) is 0 Å². The van der Waals surface area contributed by atoms with E-state index in [1.54, 1.807) is 0 Å². The first kappa shape index (κ1) is 39.9. The van der Waals surface area contributed by atoms with Crippen LogP contribution in [0.3, 0.4) is 0 Å². The van der Waals surface area contributed by atoms with Gasteiger partial charge >= 0.3 is 0 Å². The van der Waals surface area contributed by atoms with Crippen LogP contribution in [0.4, 0.5) is 17.1 Å². The molecule has 14 rings (SSSR count). The quantitative estimate of drug-likeness (QED) is 0.152. The molecule has 0 N–H and O–H groups in total. The third-order valence-electron chi connectivity index (χ3n) is 14.6. The van der Waals surface area contributed by atoms with Crippen molar-refractivity contribution in [2.45, 2.75) is 5.41 Å². The molecular weight excluding hydrogens is 851 g/mol. The maximum absolute atomic E-state index is 6.53. The third-order valence-corrected chi connectivity index (χ3v) is 14.6. The Morgan fingerprint density at radius 2 is 0.800 bits per heavy atom. The molecule has 0 atom stereocenters. The Bertz CT molecular complexity index is 4070. The summed E-state index contributed by atoms with van der Waals surface area (Å²) in [7, 11) is 0. The van der Waals surface area contributed by atoms with Crippen LogP contribution in [-0.4, -0.2) is 0 Å². The van der Waals surface area contributed by atoms with Crippen LogP contribution in [0, 0.1) is 0 Å².